The first kappa shape index (κ1) is 17.5. The molecule has 1 amide bonds. The van der Waals surface area contributed by atoms with Gasteiger partial charge in [0.25, 0.3) is 0 Å². The van der Waals surface area contributed by atoms with Gasteiger partial charge in [0.2, 0.25) is 5.91 Å². The molecule has 0 aliphatic carbocycles. The molecule has 2 aromatic rings. The molecule has 2 N–H and O–H groups in total. The Morgan fingerprint density at radius 2 is 1.92 bits per heavy atom. The lowest BCUT2D eigenvalue weighted by Crippen LogP contribution is -2.42. The number of amides is 1. The number of likely N-dealkylation sites (tertiary alicyclic amines) is 1. The number of aliphatic hydroxyl groups excluding tert-OH is 1. The number of β-amino-alcohol motifs (C(OH)–C–C–N with tert-alkyl or cyclic N) is 1. The molecule has 0 bridgehead atoms. The summed E-state index contributed by atoms with van der Waals surface area (Å²) >= 11 is 0. The second-order valence-corrected chi connectivity index (χ2v) is 6.49. The Balaban J connectivity index is 1.69. The van der Waals surface area contributed by atoms with Crippen LogP contribution < -0.4 is 10.2 Å². The molecule has 0 aromatic heterocycles. The third kappa shape index (κ3) is 4.59. The summed E-state index contributed by atoms with van der Waals surface area (Å²) in [5.41, 5.74) is 2.79. The standard InChI is InChI=1S/C20H25N3O2/c1-22(16-8-3-2-4-9-16)19-12-6-5-11-18(19)21-20(25)15-23-13-7-10-17(24)14-23/h2-6,8-9,11-12,17,24H,7,10,13-15H2,1H3,(H,21,25)/t17-/m1/s1. The molecule has 132 valence electrons. The number of carbonyl (C=O) groups excluding carboxylic acids is 1. The summed E-state index contributed by atoms with van der Waals surface area (Å²) in [5, 5.41) is 12.8. The van der Waals surface area contributed by atoms with E-state index in [1.165, 1.54) is 0 Å². The number of rotatable bonds is 5. The third-order valence-electron chi connectivity index (χ3n) is 4.53. The van der Waals surface area contributed by atoms with Gasteiger partial charge in [0.15, 0.2) is 0 Å². The maximum absolute atomic E-state index is 12.4. The fraction of sp³-hybridized carbons (Fsp3) is 0.350. The van der Waals surface area contributed by atoms with Crippen molar-refractivity contribution in [1.29, 1.82) is 0 Å². The molecule has 0 spiro atoms. The quantitative estimate of drug-likeness (QED) is 0.879. The van der Waals surface area contributed by atoms with Gasteiger partial charge in [0.05, 0.1) is 24.0 Å². The van der Waals surface area contributed by atoms with Crippen molar-refractivity contribution in [2.75, 3.05) is 36.9 Å². The number of benzene rings is 2. The van der Waals surface area contributed by atoms with Crippen molar-refractivity contribution < 1.29 is 9.90 Å². The summed E-state index contributed by atoms with van der Waals surface area (Å²) in [6, 6.07) is 17.8. The SMILES string of the molecule is CN(c1ccccc1)c1ccccc1NC(=O)CN1CCC[C@@H](O)C1. The highest BCUT2D eigenvalue weighted by Crippen LogP contribution is 2.30. The summed E-state index contributed by atoms with van der Waals surface area (Å²) in [6.45, 7) is 1.73. The van der Waals surface area contributed by atoms with Crippen LogP contribution in [-0.2, 0) is 4.79 Å². The maximum Gasteiger partial charge on any atom is 0.238 e. The molecule has 1 heterocycles. The minimum Gasteiger partial charge on any atom is -0.392 e. The highest BCUT2D eigenvalue weighted by molar-refractivity contribution is 5.96. The molecular formula is C20H25N3O2. The number of nitrogens with one attached hydrogen (secondary N) is 1. The molecule has 3 rings (SSSR count). The number of hydrogen-bond donors (Lipinski definition) is 2. The van der Waals surface area contributed by atoms with E-state index in [4.69, 9.17) is 0 Å². The molecule has 1 aliphatic rings. The highest BCUT2D eigenvalue weighted by Gasteiger charge is 2.20. The molecule has 5 heteroatoms. The van der Waals surface area contributed by atoms with Crippen LogP contribution in [-0.4, -0.2) is 48.7 Å². The van der Waals surface area contributed by atoms with Crippen LogP contribution in [0.1, 0.15) is 12.8 Å². The molecule has 1 fully saturated rings. The Morgan fingerprint density at radius 3 is 2.68 bits per heavy atom. The molecule has 5 nitrogen and oxygen atoms in total. The molecular weight excluding hydrogens is 314 g/mol. The van der Waals surface area contributed by atoms with Gasteiger partial charge in [-0.25, -0.2) is 0 Å². The van der Waals surface area contributed by atoms with Gasteiger partial charge in [0.1, 0.15) is 0 Å². The normalized spacial score (nSPS) is 17.9. The van der Waals surface area contributed by atoms with Crippen LogP contribution in [0.5, 0.6) is 0 Å². The summed E-state index contributed by atoms with van der Waals surface area (Å²) in [7, 11) is 1.99. The first-order chi connectivity index (χ1) is 12.1. The van der Waals surface area contributed by atoms with E-state index in [1.54, 1.807) is 0 Å². The fourth-order valence-corrected chi connectivity index (χ4v) is 3.23. The fourth-order valence-electron chi connectivity index (χ4n) is 3.23. The number of nitrogens with zero attached hydrogens (tertiary/aromatic N) is 2. The van der Waals surface area contributed by atoms with E-state index < -0.39 is 0 Å². The van der Waals surface area contributed by atoms with E-state index >= 15 is 0 Å². The number of hydrogen-bond acceptors (Lipinski definition) is 4. The smallest absolute Gasteiger partial charge is 0.238 e. The lowest BCUT2D eigenvalue weighted by atomic mass is 10.1. The minimum absolute atomic E-state index is 0.0528. The van der Waals surface area contributed by atoms with Crippen LogP contribution in [0.4, 0.5) is 17.1 Å². The van der Waals surface area contributed by atoms with Crippen molar-refractivity contribution in [3.05, 3.63) is 54.6 Å². The summed E-state index contributed by atoms with van der Waals surface area (Å²) < 4.78 is 0. The van der Waals surface area contributed by atoms with E-state index in [-0.39, 0.29) is 12.0 Å². The number of piperidine rings is 1. The molecule has 0 radical (unpaired) electrons. The third-order valence-corrected chi connectivity index (χ3v) is 4.53. The zero-order valence-corrected chi connectivity index (χ0v) is 14.6. The monoisotopic (exact) mass is 339 g/mol. The second kappa shape index (κ2) is 8.14. The number of anilines is 3. The van der Waals surface area contributed by atoms with Gasteiger partial charge in [-0.1, -0.05) is 30.3 Å². The Morgan fingerprint density at radius 1 is 1.20 bits per heavy atom. The van der Waals surface area contributed by atoms with E-state index in [0.717, 1.165) is 36.4 Å². The van der Waals surface area contributed by atoms with E-state index in [2.05, 4.69) is 10.2 Å². The Bertz CT molecular complexity index is 705. The molecule has 0 unspecified atom stereocenters. The van der Waals surface area contributed by atoms with Crippen molar-refractivity contribution in [3.63, 3.8) is 0 Å². The first-order valence-electron chi connectivity index (χ1n) is 8.71. The van der Waals surface area contributed by atoms with Crippen LogP contribution in [0.2, 0.25) is 0 Å². The van der Waals surface area contributed by atoms with Crippen molar-refractivity contribution >= 4 is 23.0 Å². The van der Waals surface area contributed by atoms with Gasteiger partial charge < -0.3 is 15.3 Å². The Labute approximate surface area is 148 Å². The van der Waals surface area contributed by atoms with Crippen LogP contribution in [0.3, 0.4) is 0 Å². The Hall–Kier alpha value is -2.37. The van der Waals surface area contributed by atoms with Gasteiger partial charge >= 0.3 is 0 Å². The van der Waals surface area contributed by atoms with E-state index in [0.29, 0.717) is 13.1 Å². The topological polar surface area (TPSA) is 55.8 Å². The molecule has 1 aliphatic heterocycles. The summed E-state index contributed by atoms with van der Waals surface area (Å²) in [4.78, 5) is 16.5. The summed E-state index contributed by atoms with van der Waals surface area (Å²) in [6.07, 6.45) is 1.43. The first-order valence-corrected chi connectivity index (χ1v) is 8.71. The zero-order valence-electron chi connectivity index (χ0n) is 14.6. The van der Waals surface area contributed by atoms with Crippen molar-refractivity contribution in [2.24, 2.45) is 0 Å². The van der Waals surface area contributed by atoms with E-state index in [1.807, 2.05) is 66.5 Å². The van der Waals surface area contributed by atoms with Crippen LogP contribution in [0.15, 0.2) is 54.6 Å². The molecule has 1 saturated heterocycles. The van der Waals surface area contributed by atoms with Gasteiger partial charge in [-0.05, 0) is 43.7 Å². The van der Waals surface area contributed by atoms with Crippen LogP contribution in [0.25, 0.3) is 0 Å². The van der Waals surface area contributed by atoms with Crippen molar-refractivity contribution in [3.8, 4) is 0 Å². The van der Waals surface area contributed by atoms with Gasteiger partial charge in [-0.3, -0.25) is 9.69 Å². The van der Waals surface area contributed by atoms with Crippen molar-refractivity contribution in [2.45, 2.75) is 18.9 Å². The van der Waals surface area contributed by atoms with E-state index in [9.17, 15) is 9.90 Å². The summed E-state index contributed by atoms with van der Waals surface area (Å²) in [5.74, 6) is -0.0528. The lowest BCUT2D eigenvalue weighted by molar-refractivity contribution is -0.118. The number of para-hydroxylation sites is 3. The molecule has 2 aromatic carbocycles. The molecule has 1 atom stereocenters. The largest absolute Gasteiger partial charge is 0.392 e. The molecule has 25 heavy (non-hydrogen) atoms. The predicted molar refractivity (Wildman–Crippen MR) is 101 cm³/mol. The zero-order chi connectivity index (χ0) is 17.6. The van der Waals surface area contributed by atoms with Gasteiger partial charge in [-0.15, -0.1) is 0 Å². The highest BCUT2D eigenvalue weighted by atomic mass is 16.3. The van der Waals surface area contributed by atoms with Crippen LogP contribution >= 0.6 is 0 Å². The average Bonchev–Trinajstić information content (AvgIpc) is 2.62. The van der Waals surface area contributed by atoms with Gasteiger partial charge in [0, 0.05) is 19.3 Å². The number of carbonyl (C=O) groups is 1. The maximum atomic E-state index is 12.4. The predicted octanol–water partition coefficient (Wildman–Crippen LogP) is 2.85. The van der Waals surface area contributed by atoms with Crippen molar-refractivity contribution in [1.82, 2.24) is 4.90 Å². The lowest BCUT2D eigenvalue weighted by Gasteiger charge is -2.29. The Kier molecular flexibility index (Phi) is 5.68. The van der Waals surface area contributed by atoms with Crippen LogP contribution in [0, 0.1) is 0 Å². The second-order valence-electron chi connectivity index (χ2n) is 6.49. The van der Waals surface area contributed by atoms with Gasteiger partial charge in [-0.2, -0.15) is 0 Å². The minimum atomic E-state index is -0.321. The average molecular weight is 339 g/mol. The number of aliphatic hydroxyl groups is 1. The molecule has 0 saturated carbocycles.